The number of halogens is 1. The highest BCUT2D eigenvalue weighted by Gasteiger charge is 2.16. The number of hydrogen-bond acceptors (Lipinski definition) is 3. The quantitative estimate of drug-likeness (QED) is 0.905. The fourth-order valence-electron chi connectivity index (χ4n) is 2.26. The average molecular weight is 303 g/mol. The van der Waals surface area contributed by atoms with E-state index >= 15 is 0 Å². The van der Waals surface area contributed by atoms with Crippen LogP contribution in [-0.4, -0.2) is 12.5 Å². The van der Waals surface area contributed by atoms with Crippen LogP contribution in [0.15, 0.2) is 42.5 Å². The highest BCUT2D eigenvalue weighted by Crippen LogP contribution is 2.31. The van der Waals surface area contributed by atoms with Crippen molar-refractivity contribution in [3.63, 3.8) is 0 Å². The van der Waals surface area contributed by atoms with Gasteiger partial charge >= 0.3 is 0 Å². The van der Waals surface area contributed by atoms with E-state index in [1.54, 1.807) is 0 Å². The van der Waals surface area contributed by atoms with Crippen LogP contribution in [0.4, 0.5) is 11.4 Å². The Morgan fingerprint density at radius 1 is 1.24 bits per heavy atom. The van der Waals surface area contributed by atoms with Gasteiger partial charge in [-0.15, -0.1) is 0 Å². The number of carbonyl (C=O) groups excluding carboxylic acids is 1. The smallest absolute Gasteiger partial charge is 0.262 e. The van der Waals surface area contributed by atoms with E-state index in [9.17, 15) is 4.79 Å². The van der Waals surface area contributed by atoms with Gasteiger partial charge in [-0.2, -0.15) is 0 Å². The average Bonchev–Trinajstić information content (AvgIpc) is 2.47. The molecule has 2 N–H and O–H groups in total. The van der Waals surface area contributed by atoms with Crippen LogP contribution in [0.3, 0.4) is 0 Å². The normalized spacial score (nSPS) is 14.7. The molecule has 0 saturated carbocycles. The molecule has 0 radical (unpaired) electrons. The first-order valence-electron chi connectivity index (χ1n) is 6.70. The van der Waals surface area contributed by atoms with Crippen molar-refractivity contribution in [1.29, 1.82) is 0 Å². The van der Waals surface area contributed by atoms with E-state index in [0.717, 1.165) is 16.3 Å². The van der Waals surface area contributed by atoms with Crippen LogP contribution in [0.25, 0.3) is 0 Å². The third-order valence-electron chi connectivity index (χ3n) is 3.37. The molecule has 5 heteroatoms. The predicted molar refractivity (Wildman–Crippen MR) is 84.1 cm³/mol. The monoisotopic (exact) mass is 302 g/mol. The van der Waals surface area contributed by atoms with Crippen LogP contribution < -0.4 is 15.4 Å². The first-order valence-corrected chi connectivity index (χ1v) is 7.08. The van der Waals surface area contributed by atoms with Crippen LogP contribution >= 0.6 is 11.6 Å². The molecule has 0 spiro atoms. The highest BCUT2D eigenvalue weighted by atomic mass is 35.5. The molecule has 1 aliphatic heterocycles. The largest absolute Gasteiger partial charge is 0.482 e. The summed E-state index contributed by atoms with van der Waals surface area (Å²) in [6.45, 7) is 2.14. The lowest BCUT2D eigenvalue weighted by Gasteiger charge is -2.21. The van der Waals surface area contributed by atoms with Crippen LogP contribution in [-0.2, 0) is 4.79 Å². The zero-order valence-electron chi connectivity index (χ0n) is 11.5. The second kappa shape index (κ2) is 5.66. The van der Waals surface area contributed by atoms with Gasteiger partial charge in [-0.05, 0) is 42.8 Å². The van der Waals surface area contributed by atoms with Gasteiger partial charge in [-0.25, -0.2) is 0 Å². The summed E-state index contributed by atoms with van der Waals surface area (Å²) in [7, 11) is 0. The molecule has 1 unspecified atom stereocenters. The molecule has 4 nitrogen and oxygen atoms in total. The molecule has 2 aromatic rings. The first kappa shape index (κ1) is 13.8. The van der Waals surface area contributed by atoms with Gasteiger partial charge in [0.25, 0.3) is 5.91 Å². The maximum Gasteiger partial charge on any atom is 0.262 e. The van der Waals surface area contributed by atoms with Gasteiger partial charge in [-0.1, -0.05) is 23.7 Å². The Kier molecular flexibility index (Phi) is 3.71. The standard InChI is InChI=1S/C16H15ClN2O2/c1-10(11-2-4-12(17)5-3-11)18-13-6-7-15-14(8-13)19-16(20)9-21-15/h2-8,10,18H,9H2,1H3,(H,19,20). The molecule has 108 valence electrons. The van der Waals surface area contributed by atoms with Crippen molar-refractivity contribution < 1.29 is 9.53 Å². The fourth-order valence-corrected chi connectivity index (χ4v) is 2.38. The molecule has 0 aromatic heterocycles. The Morgan fingerprint density at radius 2 is 2.00 bits per heavy atom. The molecule has 0 fully saturated rings. The second-order valence-electron chi connectivity index (χ2n) is 4.97. The lowest BCUT2D eigenvalue weighted by Crippen LogP contribution is -2.25. The Bertz CT molecular complexity index is 670. The van der Waals surface area contributed by atoms with Crippen LogP contribution in [0.2, 0.25) is 5.02 Å². The van der Waals surface area contributed by atoms with E-state index in [-0.39, 0.29) is 18.6 Å². The highest BCUT2D eigenvalue weighted by molar-refractivity contribution is 6.30. The molecule has 2 aromatic carbocycles. The van der Waals surface area contributed by atoms with Gasteiger partial charge in [0.1, 0.15) is 5.75 Å². The third kappa shape index (κ3) is 3.11. The summed E-state index contributed by atoms with van der Waals surface area (Å²) >= 11 is 5.90. The van der Waals surface area contributed by atoms with Gasteiger partial charge in [0.05, 0.1) is 5.69 Å². The fraction of sp³-hybridized carbons (Fsp3) is 0.188. The number of rotatable bonds is 3. The van der Waals surface area contributed by atoms with Crippen molar-refractivity contribution in [3.05, 3.63) is 53.1 Å². The molecule has 21 heavy (non-hydrogen) atoms. The molecule has 1 amide bonds. The number of ether oxygens (including phenoxy) is 1. The molecule has 1 atom stereocenters. The number of fused-ring (bicyclic) bond motifs is 1. The zero-order chi connectivity index (χ0) is 14.8. The summed E-state index contributed by atoms with van der Waals surface area (Å²) in [5.41, 5.74) is 2.75. The number of benzene rings is 2. The van der Waals surface area contributed by atoms with Crippen molar-refractivity contribution in [2.75, 3.05) is 17.2 Å². The van der Waals surface area contributed by atoms with E-state index in [0.29, 0.717) is 11.4 Å². The minimum absolute atomic E-state index is 0.0704. The predicted octanol–water partition coefficient (Wildman–Crippen LogP) is 3.84. The molecule has 3 rings (SSSR count). The summed E-state index contributed by atoms with van der Waals surface area (Å²) in [6, 6.07) is 13.5. The van der Waals surface area contributed by atoms with Gasteiger partial charge in [0.15, 0.2) is 6.61 Å². The molecule has 0 aliphatic carbocycles. The molecule has 0 bridgehead atoms. The number of nitrogens with one attached hydrogen (secondary N) is 2. The first-order chi connectivity index (χ1) is 10.1. The Hall–Kier alpha value is -2.20. The van der Waals surface area contributed by atoms with Gasteiger partial charge in [0, 0.05) is 16.8 Å². The van der Waals surface area contributed by atoms with Crippen molar-refractivity contribution in [1.82, 2.24) is 0 Å². The minimum Gasteiger partial charge on any atom is -0.482 e. The maximum absolute atomic E-state index is 11.3. The lowest BCUT2D eigenvalue weighted by molar-refractivity contribution is -0.118. The third-order valence-corrected chi connectivity index (χ3v) is 3.62. The van der Waals surface area contributed by atoms with Gasteiger partial charge in [-0.3, -0.25) is 4.79 Å². The van der Waals surface area contributed by atoms with Crippen molar-refractivity contribution in [3.8, 4) is 5.75 Å². The van der Waals surface area contributed by atoms with Crippen molar-refractivity contribution >= 4 is 28.9 Å². The molecular weight excluding hydrogens is 288 g/mol. The van der Waals surface area contributed by atoms with E-state index in [4.69, 9.17) is 16.3 Å². The Morgan fingerprint density at radius 3 is 2.76 bits per heavy atom. The summed E-state index contributed by atoms with van der Waals surface area (Å²) in [5, 5.41) is 6.91. The molecule has 0 saturated heterocycles. The van der Waals surface area contributed by atoms with Crippen LogP contribution in [0, 0.1) is 0 Å². The topological polar surface area (TPSA) is 50.4 Å². The SMILES string of the molecule is CC(Nc1ccc2c(c1)NC(=O)CO2)c1ccc(Cl)cc1. The molecule has 1 heterocycles. The maximum atomic E-state index is 11.3. The van der Waals surface area contributed by atoms with E-state index in [1.807, 2.05) is 42.5 Å². The number of hydrogen-bond donors (Lipinski definition) is 2. The molecule has 1 aliphatic rings. The van der Waals surface area contributed by atoms with Crippen molar-refractivity contribution in [2.24, 2.45) is 0 Å². The van der Waals surface area contributed by atoms with Crippen LogP contribution in [0.1, 0.15) is 18.5 Å². The number of carbonyl (C=O) groups is 1. The lowest BCUT2D eigenvalue weighted by atomic mass is 10.1. The van der Waals surface area contributed by atoms with E-state index < -0.39 is 0 Å². The van der Waals surface area contributed by atoms with Crippen LogP contribution in [0.5, 0.6) is 5.75 Å². The summed E-state index contributed by atoms with van der Waals surface area (Å²) in [6.07, 6.45) is 0. The Labute approximate surface area is 128 Å². The number of amides is 1. The second-order valence-corrected chi connectivity index (χ2v) is 5.40. The summed E-state index contributed by atoms with van der Waals surface area (Å²) in [4.78, 5) is 11.3. The number of anilines is 2. The van der Waals surface area contributed by atoms with Gasteiger partial charge < -0.3 is 15.4 Å². The van der Waals surface area contributed by atoms with Crippen molar-refractivity contribution in [2.45, 2.75) is 13.0 Å². The summed E-state index contributed by atoms with van der Waals surface area (Å²) < 4.78 is 5.34. The summed E-state index contributed by atoms with van der Waals surface area (Å²) in [5.74, 6) is 0.560. The van der Waals surface area contributed by atoms with E-state index in [2.05, 4.69) is 17.6 Å². The minimum atomic E-state index is -0.134. The Balaban J connectivity index is 1.77. The zero-order valence-corrected chi connectivity index (χ0v) is 12.3. The van der Waals surface area contributed by atoms with Gasteiger partial charge in [0.2, 0.25) is 0 Å². The molecular formula is C16H15ClN2O2. The van der Waals surface area contributed by atoms with E-state index in [1.165, 1.54) is 0 Å².